The average Bonchev–Trinajstić information content (AvgIpc) is 3.03. The highest BCUT2D eigenvalue weighted by molar-refractivity contribution is 6.48. The van der Waals surface area contributed by atoms with E-state index in [0.717, 1.165) is 10.6 Å². The minimum absolute atomic E-state index is 0.198. The van der Waals surface area contributed by atoms with Crippen molar-refractivity contribution < 1.29 is 14.3 Å². The minimum atomic E-state index is -0.489. The number of halogens is 2. The van der Waals surface area contributed by atoms with Gasteiger partial charge in [-0.05, 0) is 36.4 Å². The molecule has 0 radical (unpaired) electrons. The second-order valence-corrected chi connectivity index (χ2v) is 7.70. The van der Waals surface area contributed by atoms with Crippen molar-refractivity contribution in [3.05, 3.63) is 94.1 Å². The number of hydrogen-bond acceptors (Lipinski definition) is 4. The van der Waals surface area contributed by atoms with Crippen LogP contribution in [0, 0.1) is 0 Å². The van der Waals surface area contributed by atoms with Crippen LogP contribution in [0.2, 0.25) is 10.0 Å². The predicted octanol–water partition coefficient (Wildman–Crippen LogP) is 5.42. The normalized spacial score (nSPS) is 13.7. The number of likely N-dealkylation sites (N-methyl/N-ethyl adjacent to an activating group) is 1. The number of rotatable bonds is 5. The van der Waals surface area contributed by atoms with Gasteiger partial charge in [0.2, 0.25) is 0 Å². The molecule has 7 heteroatoms. The number of carbonyl (C=O) groups excluding carboxylic acids is 2. The molecule has 1 heterocycles. The SMILES string of the molecule is COc1ccccc1N1C(=O)C(c2ccc(Cl)cc2Cl)=C(N(C)c2ccccc2)C1=O. The fourth-order valence-corrected chi connectivity index (χ4v) is 4.08. The van der Waals surface area contributed by atoms with Gasteiger partial charge in [-0.25, -0.2) is 4.90 Å². The summed E-state index contributed by atoms with van der Waals surface area (Å²) in [5.74, 6) is -0.548. The first-order valence-corrected chi connectivity index (χ1v) is 10.2. The van der Waals surface area contributed by atoms with Gasteiger partial charge in [-0.3, -0.25) is 9.59 Å². The largest absolute Gasteiger partial charge is 0.495 e. The summed E-state index contributed by atoms with van der Waals surface area (Å²) in [5, 5.41) is 0.718. The van der Waals surface area contributed by atoms with Crippen LogP contribution in [0.25, 0.3) is 5.57 Å². The van der Waals surface area contributed by atoms with Crippen molar-refractivity contribution >= 4 is 52.0 Å². The lowest BCUT2D eigenvalue weighted by Crippen LogP contribution is -2.34. The first-order valence-electron chi connectivity index (χ1n) is 9.44. The molecule has 0 saturated carbocycles. The molecule has 0 aliphatic carbocycles. The van der Waals surface area contributed by atoms with E-state index >= 15 is 0 Å². The number of methoxy groups -OCH3 is 1. The van der Waals surface area contributed by atoms with E-state index in [-0.39, 0.29) is 16.3 Å². The monoisotopic (exact) mass is 452 g/mol. The molecule has 0 bridgehead atoms. The summed E-state index contributed by atoms with van der Waals surface area (Å²) < 4.78 is 5.39. The summed E-state index contributed by atoms with van der Waals surface area (Å²) in [7, 11) is 3.23. The molecule has 4 rings (SSSR count). The Bertz CT molecular complexity index is 1210. The maximum atomic E-state index is 13.6. The van der Waals surface area contributed by atoms with E-state index < -0.39 is 11.8 Å². The number of amides is 2. The molecule has 31 heavy (non-hydrogen) atoms. The Morgan fingerprint density at radius 3 is 2.23 bits per heavy atom. The van der Waals surface area contributed by atoms with Gasteiger partial charge in [-0.1, -0.05) is 59.6 Å². The number of ether oxygens (including phenoxy) is 1. The third-order valence-corrected chi connectivity index (χ3v) is 5.61. The van der Waals surface area contributed by atoms with Crippen molar-refractivity contribution in [2.45, 2.75) is 0 Å². The van der Waals surface area contributed by atoms with Crippen LogP contribution >= 0.6 is 23.2 Å². The highest BCUT2D eigenvalue weighted by Gasteiger charge is 2.43. The van der Waals surface area contributed by atoms with Gasteiger partial charge in [0, 0.05) is 23.3 Å². The lowest BCUT2D eigenvalue weighted by Gasteiger charge is -2.22. The molecule has 5 nitrogen and oxygen atoms in total. The summed E-state index contributed by atoms with van der Waals surface area (Å²) in [4.78, 5) is 30.1. The van der Waals surface area contributed by atoms with Gasteiger partial charge in [-0.15, -0.1) is 0 Å². The molecule has 0 aromatic heterocycles. The van der Waals surface area contributed by atoms with Crippen LogP contribution in [-0.4, -0.2) is 26.0 Å². The number of hydrogen-bond donors (Lipinski definition) is 0. The molecule has 3 aromatic rings. The lowest BCUT2D eigenvalue weighted by molar-refractivity contribution is -0.120. The van der Waals surface area contributed by atoms with Crippen molar-refractivity contribution in [2.24, 2.45) is 0 Å². The molecule has 1 aliphatic rings. The maximum Gasteiger partial charge on any atom is 0.282 e. The summed E-state index contributed by atoms with van der Waals surface area (Å²) in [6, 6.07) is 21.0. The van der Waals surface area contributed by atoms with Crippen molar-refractivity contribution in [2.75, 3.05) is 24.0 Å². The molecule has 3 aromatic carbocycles. The van der Waals surface area contributed by atoms with E-state index in [1.807, 2.05) is 30.3 Å². The smallest absolute Gasteiger partial charge is 0.282 e. The molecule has 0 unspecified atom stereocenters. The number of benzene rings is 3. The van der Waals surface area contributed by atoms with Crippen LogP contribution in [0.3, 0.4) is 0 Å². The summed E-state index contributed by atoms with van der Waals surface area (Å²) in [6.07, 6.45) is 0. The van der Waals surface area contributed by atoms with Gasteiger partial charge in [0.25, 0.3) is 11.8 Å². The number of nitrogens with zero attached hydrogens (tertiary/aromatic N) is 2. The van der Waals surface area contributed by atoms with Crippen LogP contribution in [-0.2, 0) is 9.59 Å². The number of para-hydroxylation sites is 3. The van der Waals surface area contributed by atoms with Crippen molar-refractivity contribution in [1.82, 2.24) is 0 Å². The van der Waals surface area contributed by atoms with E-state index in [9.17, 15) is 9.59 Å². The average molecular weight is 453 g/mol. The standard InChI is InChI=1S/C24H18Cl2N2O3/c1-27(16-8-4-3-5-9-16)22-21(17-13-12-15(25)14-18(17)26)23(29)28(24(22)30)19-10-6-7-11-20(19)31-2/h3-14H,1-2H3. The number of anilines is 2. The van der Waals surface area contributed by atoms with Gasteiger partial charge in [0.05, 0.1) is 23.4 Å². The first-order chi connectivity index (χ1) is 14.9. The van der Waals surface area contributed by atoms with E-state index in [1.54, 1.807) is 54.4 Å². The fraction of sp³-hybridized carbons (Fsp3) is 0.0833. The fourth-order valence-electron chi connectivity index (χ4n) is 3.58. The second kappa shape index (κ2) is 8.46. The highest BCUT2D eigenvalue weighted by Crippen LogP contribution is 2.41. The van der Waals surface area contributed by atoms with Gasteiger partial charge >= 0.3 is 0 Å². The molecule has 0 N–H and O–H groups in total. The molecule has 1 aliphatic heterocycles. The Morgan fingerprint density at radius 2 is 1.55 bits per heavy atom. The first kappa shape index (κ1) is 21.0. The molecular formula is C24H18Cl2N2O3. The van der Waals surface area contributed by atoms with Crippen LogP contribution < -0.4 is 14.5 Å². The topological polar surface area (TPSA) is 49.9 Å². The van der Waals surface area contributed by atoms with Crippen LogP contribution in [0.4, 0.5) is 11.4 Å². The zero-order valence-corrected chi connectivity index (χ0v) is 18.3. The minimum Gasteiger partial charge on any atom is -0.495 e. The summed E-state index contributed by atoms with van der Waals surface area (Å²) in [6.45, 7) is 0. The Labute approximate surface area is 190 Å². The van der Waals surface area contributed by atoms with E-state index in [0.29, 0.717) is 22.0 Å². The van der Waals surface area contributed by atoms with Gasteiger partial charge in [0.15, 0.2) is 0 Å². The van der Waals surface area contributed by atoms with E-state index in [1.165, 1.54) is 7.11 Å². The zero-order valence-electron chi connectivity index (χ0n) is 16.8. The van der Waals surface area contributed by atoms with E-state index in [4.69, 9.17) is 27.9 Å². The third kappa shape index (κ3) is 3.67. The van der Waals surface area contributed by atoms with Crippen molar-refractivity contribution in [3.63, 3.8) is 0 Å². The quantitative estimate of drug-likeness (QED) is 0.484. The third-order valence-electron chi connectivity index (χ3n) is 5.06. The summed E-state index contributed by atoms with van der Waals surface area (Å²) in [5.41, 5.74) is 1.96. The molecular weight excluding hydrogens is 435 g/mol. The Kier molecular flexibility index (Phi) is 5.72. The molecule has 0 fully saturated rings. The number of carbonyl (C=O) groups is 2. The molecule has 156 valence electrons. The molecule has 0 saturated heterocycles. The Balaban J connectivity index is 1.93. The number of imide groups is 1. The predicted molar refractivity (Wildman–Crippen MR) is 124 cm³/mol. The highest BCUT2D eigenvalue weighted by atomic mass is 35.5. The Morgan fingerprint density at radius 1 is 0.871 bits per heavy atom. The van der Waals surface area contributed by atoms with Crippen LogP contribution in [0.1, 0.15) is 5.56 Å². The molecule has 0 spiro atoms. The van der Waals surface area contributed by atoms with Gasteiger partial charge < -0.3 is 9.64 Å². The van der Waals surface area contributed by atoms with Crippen LogP contribution in [0.5, 0.6) is 5.75 Å². The van der Waals surface area contributed by atoms with E-state index in [2.05, 4.69) is 0 Å². The maximum absolute atomic E-state index is 13.6. The molecule has 2 amide bonds. The molecule has 0 atom stereocenters. The second-order valence-electron chi connectivity index (χ2n) is 6.86. The zero-order chi connectivity index (χ0) is 22.1. The van der Waals surface area contributed by atoms with Crippen molar-refractivity contribution in [1.29, 1.82) is 0 Å². The van der Waals surface area contributed by atoms with Gasteiger partial charge in [-0.2, -0.15) is 0 Å². The van der Waals surface area contributed by atoms with Crippen molar-refractivity contribution in [3.8, 4) is 5.75 Å². The summed E-state index contributed by atoms with van der Waals surface area (Å²) >= 11 is 12.5. The Hall–Kier alpha value is -3.28. The van der Waals surface area contributed by atoms with Crippen LogP contribution in [0.15, 0.2) is 78.5 Å². The van der Waals surface area contributed by atoms with Gasteiger partial charge in [0.1, 0.15) is 11.4 Å². The lowest BCUT2D eigenvalue weighted by atomic mass is 10.0.